The SMILES string of the molecule is CN(C)CC(C)(C)CNS(=O)(=O)c1ccc(Nc2ncc3c(n2)-c2ccc(Cl)cc2NC(=O)C3)cc1. The summed E-state index contributed by atoms with van der Waals surface area (Å²) in [4.78, 5) is 23.5. The summed E-state index contributed by atoms with van der Waals surface area (Å²) in [5.41, 5.74) is 3.07. The molecule has 0 fully saturated rings. The summed E-state index contributed by atoms with van der Waals surface area (Å²) in [6, 6.07) is 11.6. The monoisotopic (exact) mass is 528 g/mol. The highest BCUT2D eigenvalue weighted by atomic mass is 35.5. The van der Waals surface area contributed by atoms with Crippen LogP contribution < -0.4 is 15.4 Å². The minimum atomic E-state index is -3.65. The molecule has 0 aliphatic carbocycles. The molecule has 3 aromatic rings. The van der Waals surface area contributed by atoms with Gasteiger partial charge >= 0.3 is 0 Å². The molecular formula is C25H29ClN6O3S. The maximum atomic E-state index is 12.8. The van der Waals surface area contributed by atoms with E-state index < -0.39 is 10.0 Å². The molecule has 2 heterocycles. The van der Waals surface area contributed by atoms with E-state index in [1.165, 1.54) is 12.1 Å². The van der Waals surface area contributed by atoms with Crippen molar-refractivity contribution < 1.29 is 13.2 Å². The van der Waals surface area contributed by atoms with Crippen molar-refractivity contribution in [3.8, 4) is 11.3 Å². The lowest BCUT2D eigenvalue weighted by Gasteiger charge is -2.28. The molecule has 0 unspecified atom stereocenters. The highest BCUT2D eigenvalue weighted by Gasteiger charge is 2.24. The molecule has 190 valence electrons. The van der Waals surface area contributed by atoms with Gasteiger partial charge in [0.1, 0.15) is 0 Å². The molecule has 0 radical (unpaired) electrons. The van der Waals surface area contributed by atoms with E-state index in [0.717, 1.165) is 12.1 Å². The molecule has 0 saturated heterocycles. The Kier molecular flexibility index (Phi) is 7.33. The largest absolute Gasteiger partial charge is 0.325 e. The van der Waals surface area contributed by atoms with Crippen molar-refractivity contribution in [3.63, 3.8) is 0 Å². The first-order valence-corrected chi connectivity index (χ1v) is 13.3. The summed E-state index contributed by atoms with van der Waals surface area (Å²) < 4.78 is 28.3. The predicted octanol–water partition coefficient (Wildman–Crippen LogP) is 3.90. The number of nitrogens with one attached hydrogen (secondary N) is 3. The Morgan fingerprint density at radius 2 is 1.86 bits per heavy atom. The summed E-state index contributed by atoms with van der Waals surface area (Å²) in [6.07, 6.45) is 1.76. The van der Waals surface area contributed by atoms with E-state index in [1.807, 2.05) is 38.9 Å². The van der Waals surface area contributed by atoms with Gasteiger partial charge in [0.05, 0.1) is 22.7 Å². The molecule has 1 aromatic heterocycles. The number of hydrogen-bond acceptors (Lipinski definition) is 7. The fraction of sp³-hybridized carbons (Fsp3) is 0.320. The quantitative estimate of drug-likeness (QED) is 0.406. The number of carbonyl (C=O) groups is 1. The van der Waals surface area contributed by atoms with Crippen molar-refractivity contribution in [3.05, 3.63) is 59.2 Å². The van der Waals surface area contributed by atoms with Crippen LogP contribution in [0.15, 0.2) is 53.6 Å². The highest BCUT2D eigenvalue weighted by Crippen LogP contribution is 2.35. The average Bonchev–Trinajstić information content (AvgIpc) is 2.92. The third-order valence-corrected chi connectivity index (χ3v) is 7.28. The lowest BCUT2D eigenvalue weighted by atomic mass is 9.93. The zero-order valence-electron chi connectivity index (χ0n) is 20.6. The van der Waals surface area contributed by atoms with Crippen molar-refractivity contribution in [2.45, 2.75) is 25.2 Å². The summed E-state index contributed by atoms with van der Waals surface area (Å²) in [6.45, 7) is 5.10. The Morgan fingerprint density at radius 3 is 2.56 bits per heavy atom. The topological polar surface area (TPSA) is 116 Å². The van der Waals surface area contributed by atoms with Gasteiger partial charge in [-0.05, 0) is 62.0 Å². The van der Waals surface area contributed by atoms with Gasteiger partial charge in [0.2, 0.25) is 21.9 Å². The van der Waals surface area contributed by atoms with Crippen molar-refractivity contribution in [2.24, 2.45) is 5.41 Å². The number of rotatable bonds is 8. The highest BCUT2D eigenvalue weighted by molar-refractivity contribution is 7.89. The van der Waals surface area contributed by atoms with Gasteiger partial charge in [-0.25, -0.2) is 23.1 Å². The van der Waals surface area contributed by atoms with E-state index in [0.29, 0.717) is 40.1 Å². The Hall–Kier alpha value is -3.05. The second kappa shape index (κ2) is 10.1. The van der Waals surface area contributed by atoms with E-state index in [2.05, 4.69) is 25.3 Å². The van der Waals surface area contributed by atoms with E-state index >= 15 is 0 Å². The number of anilines is 3. The van der Waals surface area contributed by atoms with Crippen LogP contribution >= 0.6 is 11.6 Å². The molecule has 9 nitrogen and oxygen atoms in total. The molecule has 0 saturated carbocycles. The predicted molar refractivity (Wildman–Crippen MR) is 142 cm³/mol. The molecule has 2 aromatic carbocycles. The van der Waals surface area contributed by atoms with Gasteiger partial charge in [0.25, 0.3) is 0 Å². The lowest BCUT2D eigenvalue weighted by Crippen LogP contribution is -2.39. The van der Waals surface area contributed by atoms with Crippen molar-refractivity contribution >= 4 is 44.9 Å². The van der Waals surface area contributed by atoms with Crippen LogP contribution in [0.5, 0.6) is 0 Å². The minimum Gasteiger partial charge on any atom is -0.325 e. The molecule has 11 heteroatoms. The third kappa shape index (κ3) is 6.19. The van der Waals surface area contributed by atoms with Crippen LogP contribution in [0.25, 0.3) is 11.3 Å². The van der Waals surface area contributed by atoms with Crippen molar-refractivity contribution in [2.75, 3.05) is 37.8 Å². The number of fused-ring (bicyclic) bond motifs is 3. The second-order valence-corrected chi connectivity index (χ2v) is 12.1. The molecule has 1 amide bonds. The lowest BCUT2D eigenvalue weighted by molar-refractivity contribution is -0.115. The number of benzene rings is 2. The van der Waals surface area contributed by atoms with Gasteiger partial charge in [0.15, 0.2) is 0 Å². The first-order valence-electron chi connectivity index (χ1n) is 11.4. The van der Waals surface area contributed by atoms with Gasteiger partial charge in [-0.1, -0.05) is 25.4 Å². The van der Waals surface area contributed by atoms with Crippen LogP contribution in [0.3, 0.4) is 0 Å². The summed E-state index contributed by atoms with van der Waals surface area (Å²) in [5, 5.41) is 6.47. The Balaban J connectivity index is 1.52. The Morgan fingerprint density at radius 1 is 1.14 bits per heavy atom. The molecular weight excluding hydrogens is 500 g/mol. The van der Waals surface area contributed by atoms with E-state index in [-0.39, 0.29) is 22.6 Å². The van der Waals surface area contributed by atoms with E-state index in [4.69, 9.17) is 11.6 Å². The molecule has 1 aliphatic rings. The summed E-state index contributed by atoms with van der Waals surface area (Å²) in [5.74, 6) is 0.153. The van der Waals surface area contributed by atoms with Crippen LogP contribution in [0.4, 0.5) is 17.3 Å². The third-order valence-electron chi connectivity index (χ3n) is 5.63. The molecule has 0 atom stereocenters. The zero-order chi connectivity index (χ0) is 26.1. The number of hydrogen-bond donors (Lipinski definition) is 3. The molecule has 36 heavy (non-hydrogen) atoms. The summed E-state index contributed by atoms with van der Waals surface area (Å²) >= 11 is 6.10. The zero-order valence-corrected chi connectivity index (χ0v) is 22.2. The van der Waals surface area contributed by atoms with E-state index in [1.54, 1.807) is 30.5 Å². The first kappa shape index (κ1) is 26.0. The van der Waals surface area contributed by atoms with Gasteiger partial charge in [0, 0.05) is 41.1 Å². The number of nitrogens with zero attached hydrogens (tertiary/aromatic N) is 3. The number of aromatic nitrogens is 2. The number of sulfonamides is 1. The van der Waals surface area contributed by atoms with Crippen molar-refractivity contribution in [1.82, 2.24) is 19.6 Å². The van der Waals surface area contributed by atoms with Crippen LogP contribution in [0.2, 0.25) is 5.02 Å². The number of halogens is 1. The fourth-order valence-electron chi connectivity index (χ4n) is 4.16. The molecule has 1 aliphatic heterocycles. The van der Waals surface area contributed by atoms with Crippen LogP contribution in [0.1, 0.15) is 19.4 Å². The van der Waals surface area contributed by atoms with Crippen LogP contribution in [0, 0.1) is 5.41 Å². The second-order valence-electron chi connectivity index (χ2n) is 9.86. The van der Waals surface area contributed by atoms with Gasteiger partial charge < -0.3 is 15.5 Å². The Labute approximate surface area is 216 Å². The first-order chi connectivity index (χ1) is 16.9. The molecule has 0 bridgehead atoms. The van der Waals surface area contributed by atoms with Crippen LogP contribution in [-0.4, -0.2) is 56.4 Å². The maximum absolute atomic E-state index is 12.8. The van der Waals surface area contributed by atoms with E-state index in [9.17, 15) is 13.2 Å². The molecule has 4 rings (SSSR count). The average molecular weight is 529 g/mol. The smallest absolute Gasteiger partial charge is 0.240 e. The number of amides is 1. The molecule has 0 spiro atoms. The van der Waals surface area contributed by atoms with Crippen LogP contribution in [-0.2, 0) is 21.2 Å². The summed E-state index contributed by atoms with van der Waals surface area (Å²) in [7, 11) is 0.263. The van der Waals surface area contributed by atoms with Gasteiger partial charge in [-0.3, -0.25) is 4.79 Å². The Bertz CT molecular complexity index is 1390. The maximum Gasteiger partial charge on any atom is 0.240 e. The normalized spacial score (nSPS) is 13.6. The van der Waals surface area contributed by atoms with Gasteiger partial charge in [-0.2, -0.15) is 0 Å². The molecule has 3 N–H and O–H groups in total. The number of carbonyl (C=O) groups excluding carboxylic acids is 1. The fourth-order valence-corrected chi connectivity index (χ4v) is 5.57. The minimum absolute atomic E-state index is 0.146. The standard InChI is InChI=1S/C25H29ClN6O3S/c1-25(2,15-32(3)4)14-28-36(34,35)19-8-6-18(7-9-19)29-24-27-13-16-11-22(33)30-21-12-17(26)5-10-20(21)23(16)31-24/h5-10,12-13,28H,11,14-15H2,1-4H3,(H,30,33)(H,27,29,31). The van der Waals surface area contributed by atoms with Crippen molar-refractivity contribution in [1.29, 1.82) is 0 Å². The van der Waals surface area contributed by atoms with Gasteiger partial charge in [-0.15, -0.1) is 0 Å².